The van der Waals surface area contributed by atoms with Gasteiger partial charge in [0.05, 0.1) is 5.69 Å². The summed E-state index contributed by atoms with van der Waals surface area (Å²) in [5, 5.41) is 0. The van der Waals surface area contributed by atoms with Crippen LogP contribution in [0.15, 0.2) is 30.3 Å². The molecule has 1 amide bonds. The van der Waals surface area contributed by atoms with Crippen LogP contribution in [-0.2, 0) is 0 Å². The molecule has 0 aliphatic rings. The monoisotopic (exact) mass is 261 g/mol. The third-order valence-corrected chi connectivity index (χ3v) is 2.44. The predicted octanol–water partition coefficient (Wildman–Crippen LogP) is 2.00. The molecule has 0 aliphatic carbocycles. The lowest BCUT2D eigenvalue weighted by Gasteiger charge is -2.09. The van der Waals surface area contributed by atoms with Gasteiger partial charge in [0.25, 0.3) is 5.91 Å². The van der Waals surface area contributed by atoms with Crippen molar-refractivity contribution in [3.63, 3.8) is 0 Å². The van der Waals surface area contributed by atoms with Gasteiger partial charge in [-0.2, -0.15) is 0 Å². The van der Waals surface area contributed by atoms with Gasteiger partial charge in [-0.3, -0.25) is 4.79 Å². The number of anilines is 1. The fourth-order valence-electron chi connectivity index (χ4n) is 1.46. The van der Waals surface area contributed by atoms with E-state index in [4.69, 9.17) is 16.2 Å². The number of nitrogens with two attached hydrogens (primary N) is 2. The molecule has 0 unspecified atom stereocenters. The van der Waals surface area contributed by atoms with Gasteiger partial charge in [0.15, 0.2) is 11.6 Å². The maximum atomic E-state index is 13.6. The number of nitrogens with zero attached hydrogens (tertiary/aromatic N) is 1. The van der Waals surface area contributed by atoms with Gasteiger partial charge in [-0.15, -0.1) is 0 Å². The normalized spacial score (nSPS) is 10.2. The molecule has 0 radical (unpaired) electrons. The largest absolute Gasteiger partial charge is 0.434 e. The van der Waals surface area contributed by atoms with Crippen molar-refractivity contribution >= 4 is 11.6 Å². The average Bonchev–Trinajstić information content (AvgIpc) is 2.36. The van der Waals surface area contributed by atoms with Crippen LogP contribution >= 0.6 is 0 Å². The first-order valence-electron chi connectivity index (χ1n) is 5.47. The van der Waals surface area contributed by atoms with Crippen molar-refractivity contribution in [3.8, 4) is 11.6 Å². The van der Waals surface area contributed by atoms with Gasteiger partial charge in [-0.25, -0.2) is 9.37 Å². The van der Waals surface area contributed by atoms with Crippen molar-refractivity contribution in [1.82, 2.24) is 4.98 Å². The van der Waals surface area contributed by atoms with E-state index in [0.717, 1.165) is 5.56 Å². The van der Waals surface area contributed by atoms with Crippen molar-refractivity contribution in [2.45, 2.75) is 6.92 Å². The molecule has 0 atom stereocenters. The van der Waals surface area contributed by atoms with Crippen molar-refractivity contribution < 1.29 is 13.9 Å². The lowest BCUT2D eigenvalue weighted by molar-refractivity contribution is 0.0995. The van der Waals surface area contributed by atoms with Gasteiger partial charge in [0.1, 0.15) is 5.69 Å². The molecule has 1 aromatic carbocycles. The topological polar surface area (TPSA) is 91.2 Å². The van der Waals surface area contributed by atoms with Gasteiger partial charge in [-0.1, -0.05) is 6.07 Å². The summed E-state index contributed by atoms with van der Waals surface area (Å²) in [4.78, 5) is 14.9. The van der Waals surface area contributed by atoms with Crippen LogP contribution in [0.25, 0.3) is 0 Å². The number of amides is 1. The van der Waals surface area contributed by atoms with E-state index >= 15 is 0 Å². The SMILES string of the molecule is Cc1ccc(F)c(Oc2nc(C(N)=O)ccc2N)c1. The Kier molecular flexibility index (Phi) is 3.33. The maximum Gasteiger partial charge on any atom is 0.267 e. The Labute approximate surface area is 109 Å². The first-order chi connectivity index (χ1) is 8.97. The van der Waals surface area contributed by atoms with E-state index in [1.165, 1.54) is 24.3 Å². The Morgan fingerprint density at radius 1 is 1.32 bits per heavy atom. The second-order valence-electron chi connectivity index (χ2n) is 3.99. The number of pyridine rings is 1. The number of rotatable bonds is 3. The predicted molar refractivity (Wildman–Crippen MR) is 68.4 cm³/mol. The van der Waals surface area contributed by atoms with Crippen LogP contribution in [-0.4, -0.2) is 10.9 Å². The lowest BCUT2D eigenvalue weighted by Crippen LogP contribution is -2.13. The number of hydrogen-bond acceptors (Lipinski definition) is 4. The van der Waals surface area contributed by atoms with Gasteiger partial charge in [0.2, 0.25) is 5.88 Å². The third-order valence-electron chi connectivity index (χ3n) is 2.44. The molecule has 2 rings (SSSR count). The molecule has 0 saturated carbocycles. The van der Waals surface area contributed by atoms with Crippen LogP contribution in [0.4, 0.5) is 10.1 Å². The zero-order valence-corrected chi connectivity index (χ0v) is 10.2. The molecule has 1 aromatic heterocycles. The molecule has 5 nitrogen and oxygen atoms in total. The standard InChI is InChI=1S/C13H12FN3O2/c1-7-2-3-8(14)11(6-7)19-13-9(15)4-5-10(17-13)12(16)18/h2-6H,15H2,1H3,(H2,16,18). The van der Waals surface area contributed by atoms with Crippen LogP contribution in [0, 0.1) is 12.7 Å². The number of primary amides is 1. The average molecular weight is 261 g/mol. The summed E-state index contributed by atoms with van der Waals surface area (Å²) in [6.45, 7) is 1.79. The number of carbonyl (C=O) groups excluding carboxylic acids is 1. The minimum absolute atomic E-state index is 0.00254. The smallest absolute Gasteiger partial charge is 0.267 e. The minimum atomic E-state index is -0.713. The molecule has 0 fully saturated rings. The Balaban J connectivity index is 2.40. The second-order valence-corrected chi connectivity index (χ2v) is 3.99. The summed E-state index contributed by atoms with van der Waals surface area (Å²) in [6.07, 6.45) is 0. The Morgan fingerprint density at radius 3 is 2.74 bits per heavy atom. The first-order valence-corrected chi connectivity index (χ1v) is 5.47. The van der Waals surface area contributed by atoms with E-state index in [-0.39, 0.29) is 23.0 Å². The lowest BCUT2D eigenvalue weighted by atomic mass is 10.2. The van der Waals surface area contributed by atoms with E-state index in [2.05, 4.69) is 4.98 Å². The van der Waals surface area contributed by atoms with Crippen LogP contribution in [0.1, 0.15) is 16.1 Å². The molecule has 0 bridgehead atoms. The van der Waals surface area contributed by atoms with Crippen LogP contribution in [0.2, 0.25) is 0 Å². The number of nitrogen functional groups attached to an aromatic ring is 1. The Hall–Kier alpha value is -2.63. The Morgan fingerprint density at radius 2 is 2.05 bits per heavy atom. The fourth-order valence-corrected chi connectivity index (χ4v) is 1.46. The fraction of sp³-hybridized carbons (Fsp3) is 0.0769. The van der Waals surface area contributed by atoms with Crippen LogP contribution < -0.4 is 16.2 Å². The highest BCUT2D eigenvalue weighted by Gasteiger charge is 2.11. The number of ether oxygens (including phenoxy) is 1. The van der Waals surface area contributed by atoms with Crippen molar-refractivity contribution in [2.75, 3.05) is 5.73 Å². The van der Waals surface area contributed by atoms with Gasteiger partial charge >= 0.3 is 0 Å². The van der Waals surface area contributed by atoms with E-state index in [1.807, 2.05) is 0 Å². The number of benzene rings is 1. The van der Waals surface area contributed by atoms with Gasteiger partial charge < -0.3 is 16.2 Å². The van der Waals surface area contributed by atoms with Crippen molar-refractivity contribution in [1.29, 1.82) is 0 Å². The Bertz CT molecular complexity index is 644. The van der Waals surface area contributed by atoms with Crippen molar-refractivity contribution in [2.24, 2.45) is 5.73 Å². The molecule has 19 heavy (non-hydrogen) atoms. The van der Waals surface area contributed by atoms with E-state index in [0.29, 0.717) is 0 Å². The summed E-state index contributed by atoms with van der Waals surface area (Å²) in [5.41, 5.74) is 11.8. The minimum Gasteiger partial charge on any atom is -0.434 e. The second kappa shape index (κ2) is 4.93. The van der Waals surface area contributed by atoms with Crippen LogP contribution in [0.3, 0.4) is 0 Å². The van der Waals surface area contributed by atoms with Gasteiger partial charge in [0, 0.05) is 0 Å². The molecule has 0 saturated heterocycles. The summed E-state index contributed by atoms with van der Waals surface area (Å²) in [7, 11) is 0. The molecule has 2 aromatic rings. The molecule has 6 heteroatoms. The number of halogens is 1. The van der Waals surface area contributed by atoms with E-state index in [9.17, 15) is 9.18 Å². The highest BCUT2D eigenvalue weighted by Crippen LogP contribution is 2.28. The first kappa shape index (κ1) is 12.8. The molecule has 98 valence electrons. The van der Waals surface area contributed by atoms with E-state index < -0.39 is 11.7 Å². The summed E-state index contributed by atoms with van der Waals surface area (Å²) >= 11 is 0. The number of aromatic nitrogens is 1. The van der Waals surface area contributed by atoms with Crippen LogP contribution in [0.5, 0.6) is 11.6 Å². The van der Waals surface area contributed by atoms with Crippen molar-refractivity contribution in [3.05, 3.63) is 47.4 Å². The third kappa shape index (κ3) is 2.79. The summed E-state index contributed by atoms with van der Waals surface area (Å²) in [6, 6.07) is 7.19. The number of carbonyl (C=O) groups is 1. The van der Waals surface area contributed by atoms with E-state index in [1.54, 1.807) is 13.0 Å². The summed E-state index contributed by atoms with van der Waals surface area (Å²) < 4.78 is 18.9. The maximum absolute atomic E-state index is 13.6. The zero-order chi connectivity index (χ0) is 14.0. The quantitative estimate of drug-likeness (QED) is 0.884. The molecule has 0 aliphatic heterocycles. The molecular weight excluding hydrogens is 249 g/mol. The molecule has 4 N–H and O–H groups in total. The molecule has 1 heterocycles. The summed E-state index contributed by atoms with van der Waals surface area (Å²) in [5.74, 6) is -1.33. The zero-order valence-electron chi connectivity index (χ0n) is 10.2. The molecule has 0 spiro atoms. The highest BCUT2D eigenvalue weighted by atomic mass is 19.1. The van der Waals surface area contributed by atoms with Gasteiger partial charge in [-0.05, 0) is 36.8 Å². The number of aryl methyl sites for hydroxylation is 1. The highest BCUT2D eigenvalue weighted by molar-refractivity contribution is 5.91. The number of hydrogen-bond donors (Lipinski definition) is 2. The molecular formula is C13H12FN3O2.